The Bertz CT molecular complexity index is 684. The molecule has 0 spiro atoms. The SMILES string of the molecule is CC1=C(C(=O)Nc2ccc(C)cc2C)SC2NCNC(=O)C12. The maximum absolute atomic E-state index is 12.6. The van der Waals surface area contributed by atoms with Gasteiger partial charge >= 0.3 is 0 Å². The molecule has 1 fully saturated rings. The van der Waals surface area contributed by atoms with Crippen molar-refractivity contribution in [2.45, 2.75) is 26.1 Å². The Labute approximate surface area is 133 Å². The lowest BCUT2D eigenvalue weighted by molar-refractivity contribution is -0.125. The summed E-state index contributed by atoms with van der Waals surface area (Å²) in [6, 6.07) is 5.92. The van der Waals surface area contributed by atoms with E-state index in [4.69, 9.17) is 0 Å². The van der Waals surface area contributed by atoms with Crippen LogP contribution >= 0.6 is 11.8 Å². The quantitative estimate of drug-likeness (QED) is 0.779. The molecule has 2 aliphatic heterocycles. The zero-order chi connectivity index (χ0) is 15.9. The van der Waals surface area contributed by atoms with Gasteiger partial charge in [0.05, 0.1) is 22.9 Å². The van der Waals surface area contributed by atoms with Gasteiger partial charge in [0, 0.05) is 5.69 Å². The Kier molecular flexibility index (Phi) is 3.97. The second kappa shape index (κ2) is 5.78. The summed E-state index contributed by atoms with van der Waals surface area (Å²) in [5.41, 5.74) is 3.83. The second-order valence-corrected chi connectivity index (χ2v) is 6.87. The number of hydrogen-bond donors (Lipinski definition) is 3. The van der Waals surface area contributed by atoms with Gasteiger partial charge in [-0.05, 0) is 38.0 Å². The Morgan fingerprint density at radius 3 is 2.77 bits per heavy atom. The largest absolute Gasteiger partial charge is 0.343 e. The maximum Gasteiger partial charge on any atom is 0.262 e. The molecule has 2 heterocycles. The van der Waals surface area contributed by atoms with Gasteiger partial charge in [-0.25, -0.2) is 0 Å². The number of hydrogen-bond acceptors (Lipinski definition) is 4. The molecule has 3 N–H and O–H groups in total. The van der Waals surface area contributed by atoms with Gasteiger partial charge in [0.15, 0.2) is 0 Å². The molecular weight excluding hydrogens is 298 g/mol. The smallest absolute Gasteiger partial charge is 0.262 e. The summed E-state index contributed by atoms with van der Waals surface area (Å²) >= 11 is 1.44. The molecule has 6 heteroatoms. The predicted octanol–water partition coefficient (Wildman–Crippen LogP) is 1.88. The summed E-state index contributed by atoms with van der Waals surface area (Å²) in [4.78, 5) is 25.2. The molecule has 3 rings (SSSR count). The summed E-state index contributed by atoms with van der Waals surface area (Å²) in [6.45, 7) is 6.31. The monoisotopic (exact) mass is 317 g/mol. The molecule has 2 aliphatic rings. The fourth-order valence-corrected chi connectivity index (χ4v) is 4.22. The number of thioether (sulfide) groups is 1. The number of aryl methyl sites for hydroxylation is 2. The number of fused-ring (bicyclic) bond motifs is 1. The molecule has 2 unspecified atom stereocenters. The number of anilines is 1. The maximum atomic E-state index is 12.6. The summed E-state index contributed by atoms with van der Waals surface area (Å²) in [7, 11) is 0. The highest BCUT2D eigenvalue weighted by Crippen LogP contribution is 2.42. The van der Waals surface area contributed by atoms with E-state index in [0.717, 1.165) is 22.4 Å². The molecule has 22 heavy (non-hydrogen) atoms. The van der Waals surface area contributed by atoms with Crippen LogP contribution < -0.4 is 16.0 Å². The van der Waals surface area contributed by atoms with E-state index in [2.05, 4.69) is 16.0 Å². The van der Waals surface area contributed by atoms with Crippen molar-refractivity contribution in [2.24, 2.45) is 5.92 Å². The van der Waals surface area contributed by atoms with Crippen LogP contribution in [0.3, 0.4) is 0 Å². The summed E-state index contributed by atoms with van der Waals surface area (Å²) < 4.78 is 0. The second-order valence-electron chi connectivity index (χ2n) is 5.72. The molecule has 0 saturated carbocycles. The number of nitrogens with one attached hydrogen (secondary N) is 3. The fraction of sp³-hybridized carbons (Fsp3) is 0.375. The van der Waals surface area contributed by atoms with Gasteiger partial charge in [0.2, 0.25) is 5.91 Å². The van der Waals surface area contributed by atoms with Crippen LogP contribution in [0.1, 0.15) is 18.1 Å². The topological polar surface area (TPSA) is 70.2 Å². The molecule has 0 aliphatic carbocycles. The van der Waals surface area contributed by atoms with Crippen molar-refractivity contribution in [3.63, 3.8) is 0 Å². The van der Waals surface area contributed by atoms with Crippen molar-refractivity contribution in [2.75, 3.05) is 12.0 Å². The summed E-state index contributed by atoms with van der Waals surface area (Å²) in [5.74, 6) is -0.417. The third-order valence-corrected chi connectivity index (χ3v) is 5.49. The third kappa shape index (κ3) is 2.64. The molecule has 0 radical (unpaired) electrons. The van der Waals surface area contributed by atoms with E-state index in [1.54, 1.807) is 0 Å². The van der Waals surface area contributed by atoms with Gasteiger partial charge in [-0.2, -0.15) is 0 Å². The summed E-state index contributed by atoms with van der Waals surface area (Å²) in [5, 5.41) is 8.91. The van der Waals surface area contributed by atoms with E-state index in [-0.39, 0.29) is 23.1 Å². The van der Waals surface area contributed by atoms with Crippen molar-refractivity contribution in [3.05, 3.63) is 39.8 Å². The van der Waals surface area contributed by atoms with E-state index < -0.39 is 0 Å². The Balaban J connectivity index is 1.81. The molecule has 2 amide bonds. The average Bonchev–Trinajstić information content (AvgIpc) is 2.80. The van der Waals surface area contributed by atoms with Crippen molar-refractivity contribution in [3.8, 4) is 0 Å². The van der Waals surface area contributed by atoms with Crippen molar-refractivity contribution in [1.29, 1.82) is 0 Å². The third-order valence-electron chi connectivity index (χ3n) is 4.06. The van der Waals surface area contributed by atoms with Gasteiger partial charge in [-0.15, -0.1) is 11.8 Å². The zero-order valence-electron chi connectivity index (χ0n) is 12.8. The van der Waals surface area contributed by atoms with Crippen LogP contribution in [-0.4, -0.2) is 23.9 Å². The Morgan fingerprint density at radius 1 is 1.32 bits per heavy atom. The molecule has 1 aromatic rings. The highest BCUT2D eigenvalue weighted by molar-refractivity contribution is 8.04. The number of benzene rings is 1. The van der Waals surface area contributed by atoms with Crippen LogP contribution in [0.25, 0.3) is 0 Å². The van der Waals surface area contributed by atoms with Gasteiger partial charge in [0.25, 0.3) is 5.91 Å². The van der Waals surface area contributed by atoms with Crippen LogP contribution in [0.2, 0.25) is 0 Å². The van der Waals surface area contributed by atoms with Gasteiger partial charge in [-0.3, -0.25) is 14.9 Å². The fourth-order valence-electron chi connectivity index (χ4n) is 2.86. The van der Waals surface area contributed by atoms with Crippen molar-refractivity contribution in [1.82, 2.24) is 10.6 Å². The van der Waals surface area contributed by atoms with Crippen LogP contribution in [-0.2, 0) is 9.59 Å². The average molecular weight is 317 g/mol. The van der Waals surface area contributed by atoms with E-state index in [1.165, 1.54) is 11.8 Å². The van der Waals surface area contributed by atoms with Crippen LogP contribution in [0.4, 0.5) is 5.69 Å². The Hall–Kier alpha value is -1.79. The number of carbonyl (C=O) groups is 2. The van der Waals surface area contributed by atoms with E-state index in [9.17, 15) is 9.59 Å². The molecule has 1 aromatic carbocycles. The first-order valence-electron chi connectivity index (χ1n) is 7.24. The highest BCUT2D eigenvalue weighted by atomic mass is 32.2. The van der Waals surface area contributed by atoms with E-state index >= 15 is 0 Å². The van der Waals surface area contributed by atoms with Crippen molar-refractivity contribution < 1.29 is 9.59 Å². The molecule has 116 valence electrons. The molecular formula is C16H19N3O2S. The minimum atomic E-state index is -0.265. The Morgan fingerprint density at radius 2 is 2.09 bits per heavy atom. The normalized spacial score (nSPS) is 24.0. The zero-order valence-corrected chi connectivity index (χ0v) is 13.6. The highest BCUT2D eigenvalue weighted by Gasteiger charge is 2.42. The lowest BCUT2D eigenvalue weighted by atomic mass is 9.97. The summed E-state index contributed by atoms with van der Waals surface area (Å²) in [6.07, 6.45) is 0. The van der Waals surface area contributed by atoms with Crippen LogP contribution in [0.5, 0.6) is 0 Å². The number of carbonyl (C=O) groups excluding carboxylic acids is 2. The standard InChI is InChI=1S/C16H19N3O2S/c1-8-4-5-11(9(2)6-8)19-15(21)13-10(3)12-14(20)17-7-18-16(12)22-13/h4-6,12,16,18H,7H2,1-3H3,(H,17,20)(H,19,21). The first-order valence-corrected chi connectivity index (χ1v) is 8.12. The van der Waals surface area contributed by atoms with Crippen LogP contribution in [0.15, 0.2) is 28.7 Å². The molecule has 5 nitrogen and oxygen atoms in total. The van der Waals surface area contributed by atoms with E-state index in [1.807, 2.05) is 39.0 Å². The minimum Gasteiger partial charge on any atom is -0.343 e. The van der Waals surface area contributed by atoms with Crippen LogP contribution in [0, 0.1) is 19.8 Å². The van der Waals surface area contributed by atoms with Gasteiger partial charge in [0.1, 0.15) is 0 Å². The molecule has 0 bridgehead atoms. The van der Waals surface area contributed by atoms with Gasteiger partial charge < -0.3 is 10.6 Å². The van der Waals surface area contributed by atoms with Gasteiger partial charge in [-0.1, -0.05) is 17.7 Å². The first kappa shape index (κ1) is 15.1. The predicted molar refractivity (Wildman–Crippen MR) is 88.3 cm³/mol. The minimum absolute atomic E-state index is 0.0110. The lowest BCUT2D eigenvalue weighted by Crippen LogP contribution is -2.52. The molecule has 1 saturated heterocycles. The van der Waals surface area contributed by atoms with E-state index in [0.29, 0.717) is 11.6 Å². The number of rotatable bonds is 2. The lowest BCUT2D eigenvalue weighted by Gasteiger charge is -2.26. The molecule has 2 atom stereocenters. The number of amides is 2. The first-order chi connectivity index (χ1) is 10.5. The van der Waals surface area contributed by atoms with Crippen molar-refractivity contribution >= 4 is 29.3 Å². The molecule has 0 aromatic heterocycles.